The number of H-pyrrole nitrogens is 1. The minimum absolute atomic E-state index is 0.183. The van der Waals surface area contributed by atoms with Crippen molar-refractivity contribution < 1.29 is 9.90 Å². The zero-order chi connectivity index (χ0) is 13.3. The largest absolute Gasteiger partial charge is 0.508 e. The van der Waals surface area contributed by atoms with E-state index in [1.54, 1.807) is 19.1 Å². The number of anilines is 1. The van der Waals surface area contributed by atoms with Gasteiger partial charge in [-0.05, 0) is 44.5 Å². The summed E-state index contributed by atoms with van der Waals surface area (Å²) in [6, 6.07) is 4.75. The van der Waals surface area contributed by atoms with Gasteiger partial charge in [0.1, 0.15) is 5.75 Å². The summed E-state index contributed by atoms with van der Waals surface area (Å²) in [6.07, 6.45) is 0. The summed E-state index contributed by atoms with van der Waals surface area (Å²) in [6.45, 7) is 5.42. The average Bonchev–Trinajstić information content (AvgIpc) is 2.64. The first kappa shape index (κ1) is 12.2. The maximum absolute atomic E-state index is 12.0. The summed E-state index contributed by atoms with van der Waals surface area (Å²) >= 11 is 0. The van der Waals surface area contributed by atoms with E-state index in [0.29, 0.717) is 16.8 Å². The molecule has 0 radical (unpaired) electrons. The molecule has 94 valence electrons. The molecular weight excluding hydrogens is 230 g/mol. The smallest absolute Gasteiger partial charge is 0.255 e. The fourth-order valence-corrected chi connectivity index (χ4v) is 1.72. The van der Waals surface area contributed by atoms with Gasteiger partial charge in [-0.3, -0.25) is 9.89 Å². The minimum Gasteiger partial charge on any atom is -0.508 e. The van der Waals surface area contributed by atoms with Gasteiger partial charge in [-0.25, -0.2) is 0 Å². The second-order valence-corrected chi connectivity index (χ2v) is 4.26. The number of aromatic hydroxyl groups is 1. The Labute approximate surface area is 105 Å². The van der Waals surface area contributed by atoms with Crippen LogP contribution in [-0.4, -0.2) is 21.2 Å². The van der Waals surface area contributed by atoms with Crippen molar-refractivity contribution in [3.8, 4) is 5.75 Å². The molecule has 2 aromatic rings. The van der Waals surface area contributed by atoms with Crippen LogP contribution in [0.15, 0.2) is 18.2 Å². The molecule has 5 heteroatoms. The normalized spacial score (nSPS) is 10.4. The van der Waals surface area contributed by atoms with Gasteiger partial charge in [0.25, 0.3) is 5.91 Å². The van der Waals surface area contributed by atoms with E-state index in [-0.39, 0.29) is 11.7 Å². The Bertz CT molecular complexity index is 583. The summed E-state index contributed by atoms with van der Waals surface area (Å²) in [5.41, 5.74) is 3.44. The molecule has 0 saturated heterocycles. The number of rotatable bonds is 2. The lowest BCUT2D eigenvalue weighted by molar-refractivity contribution is 0.102. The molecule has 0 unspecified atom stereocenters. The fraction of sp³-hybridized carbons (Fsp3) is 0.231. The number of hydrogen-bond acceptors (Lipinski definition) is 3. The topological polar surface area (TPSA) is 78.0 Å². The van der Waals surface area contributed by atoms with Crippen molar-refractivity contribution in [2.45, 2.75) is 20.8 Å². The van der Waals surface area contributed by atoms with Crippen LogP contribution in [0.2, 0.25) is 0 Å². The van der Waals surface area contributed by atoms with Gasteiger partial charge in [-0.15, -0.1) is 0 Å². The van der Waals surface area contributed by atoms with Crippen LogP contribution in [0.5, 0.6) is 5.75 Å². The first-order valence-corrected chi connectivity index (χ1v) is 5.61. The SMILES string of the molecule is Cc1cc(C(=O)Nc2c(C)n[nH]c2C)ccc1O. The first-order chi connectivity index (χ1) is 8.49. The van der Waals surface area contributed by atoms with Crippen LogP contribution in [0.3, 0.4) is 0 Å². The Hall–Kier alpha value is -2.30. The molecule has 0 atom stereocenters. The van der Waals surface area contributed by atoms with Crippen LogP contribution in [0.25, 0.3) is 0 Å². The van der Waals surface area contributed by atoms with Crippen LogP contribution in [-0.2, 0) is 0 Å². The van der Waals surface area contributed by atoms with Crippen molar-refractivity contribution in [3.63, 3.8) is 0 Å². The van der Waals surface area contributed by atoms with Crippen LogP contribution in [0.1, 0.15) is 27.3 Å². The fourth-order valence-electron chi connectivity index (χ4n) is 1.72. The van der Waals surface area contributed by atoms with E-state index in [4.69, 9.17) is 0 Å². The van der Waals surface area contributed by atoms with Crippen molar-refractivity contribution in [1.82, 2.24) is 10.2 Å². The summed E-state index contributed by atoms with van der Waals surface area (Å²) in [5, 5.41) is 19.1. The molecule has 1 heterocycles. The highest BCUT2D eigenvalue weighted by Crippen LogP contribution is 2.20. The quantitative estimate of drug-likeness (QED) is 0.759. The summed E-state index contributed by atoms with van der Waals surface area (Å²) in [5.74, 6) is -0.0343. The molecule has 3 N–H and O–H groups in total. The number of benzene rings is 1. The van der Waals surface area contributed by atoms with Crippen LogP contribution < -0.4 is 5.32 Å². The van der Waals surface area contributed by atoms with Gasteiger partial charge in [0.05, 0.1) is 17.1 Å². The molecule has 0 saturated carbocycles. The molecule has 0 aliphatic carbocycles. The van der Waals surface area contributed by atoms with E-state index < -0.39 is 0 Å². The zero-order valence-corrected chi connectivity index (χ0v) is 10.5. The van der Waals surface area contributed by atoms with Gasteiger partial charge in [0.2, 0.25) is 0 Å². The third kappa shape index (κ3) is 2.20. The lowest BCUT2D eigenvalue weighted by atomic mass is 10.1. The first-order valence-electron chi connectivity index (χ1n) is 5.61. The number of carbonyl (C=O) groups is 1. The Kier molecular flexibility index (Phi) is 3.06. The molecule has 18 heavy (non-hydrogen) atoms. The van der Waals surface area contributed by atoms with Crippen molar-refractivity contribution >= 4 is 11.6 Å². The molecule has 0 spiro atoms. The Balaban J connectivity index is 2.25. The van der Waals surface area contributed by atoms with Gasteiger partial charge in [0, 0.05) is 5.56 Å². The summed E-state index contributed by atoms with van der Waals surface area (Å²) < 4.78 is 0. The number of aromatic nitrogens is 2. The van der Waals surface area contributed by atoms with E-state index in [9.17, 15) is 9.90 Å². The number of phenolic OH excluding ortho intramolecular Hbond substituents is 1. The Morgan fingerprint density at radius 3 is 2.61 bits per heavy atom. The molecule has 0 aliphatic rings. The van der Waals surface area contributed by atoms with Crippen LogP contribution in [0.4, 0.5) is 5.69 Å². The zero-order valence-electron chi connectivity index (χ0n) is 10.5. The molecular formula is C13H15N3O2. The van der Waals surface area contributed by atoms with Gasteiger partial charge in [-0.1, -0.05) is 0 Å². The van der Waals surface area contributed by atoms with Crippen LogP contribution >= 0.6 is 0 Å². The lowest BCUT2D eigenvalue weighted by Gasteiger charge is -2.06. The summed E-state index contributed by atoms with van der Waals surface area (Å²) in [7, 11) is 0. The number of amides is 1. The molecule has 5 nitrogen and oxygen atoms in total. The lowest BCUT2D eigenvalue weighted by Crippen LogP contribution is -2.13. The summed E-state index contributed by atoms with van der Waals surface area (Å²) in [4.78, 5) is 12.0. The minimum atomic E-state index is -0.217. The number of carbonyl (C=O) groups excluding carboxylic acids is 1. The highest BCUT2D eigenvalue weighted by molar-refractivity contribution is 6.05. The number of aryl methyl sites for hydroxylation is 3. The number of aromatic amines is 1. The monoisotopic (exact) mass is 245 g/mol. The van der Waals surface area contributed by atoms with Gasteiger partial charge >= 0.3 is 0 Å². The second kappa shape index (κ2) is 4.52. The van der Waals surface area contributed by atoms with Crippen molar-refractivity contribution in [2.24, 2.45) is 0 Å². The van der Waals surface area contributed by atoms with Gasteiger partial charge < -0.3 is 10.4 Å². The number of hydrogen-bond donors (Lipinski definition) is 3. The molecule has 1 amide bonds. The van der Waals surface area contributed by atoms with Crippen LogP contribution in [0, 0.1) is 20.8 Å². The average molecular weight is 245 g/mol. The predicted molar refractivity (Wildman–Crippen MR) is 68.9 cm³/mol. The van der Waals surface area contributed by atoms with E-state index in [1.165, 1.54) is 6.07 Å². The second-order valence-electron chi connectivity index (χ2n) is 4.26. The van der Waals surface area contributed by atoms with Crippen molar-refractivity contribution in [1.29, 1.82) is 0 Å². The molecule has 0 aliphatic heterocycles. The van der Waals surface area contributed by atoms with Crippen molar-refractivity contribution in [3.05, 3.63) is 40.7 Å². The Morgan fingerprint density at radius 2 is 2.06 bits per heavy atom. The molecule has 1 aromatic heterocycles. The maximum Gasteiger partial charge on any atom is 0.255 e. The van der Waals surface area contributed by atoms with Gasteiger partial charge in [-0.2, -0.15) is 5.10 Å². The van der Waals surface area contributed by atoms with E-state index >= 15 is 0 Å². The standard InChI is InChI=1S/C13H15N3O2/c1-7-6-10(4-5-11(7)17)13(18)14-12-8(2)15-16-9(12)3/h4-6,17H,1-3H3,(H,14,18)(H,15,16). The maximum atomic E-state index is 12.0. The van der Waals surface area contributed by atoms with Crippen molar-refractivity contribution in [2.75, 3.05) is 5.32 Å². The van der Waals surface area contributed by atoms with Gasteiger partial charge in [0.15, 0.2) is 0 Å². The molecule has 1 aromatic carbocycles. The highest BCUT2D eigenvalue weighted by Gasteiger charge is 2.12. The van der Waals surface area contributed by atoms with E-state index in [0.717, 1.165) is 11.4 Å². The predicted octanol–water partition coefficient (Wildman–Crippen LogP) is 2.29. The third-order valence-electron chi connectivity index (χ3n) is 2.83. The van der Waals surface area contributed by atoms with E-state index in [2.05, 4.69) is 15.5 Å². The number of phenols is 1. The third-order valence-corrected chi connectivity index (χ3v) is 2.83. The molecule has 2 rings (SSSR count). The molecule has 0 fully saturated rings. The highest BCUT2D eigenvalue weighted by atomic mass is 16.3. The molecule has 0 bridgehead atoms. The van der Waals surface area contributed by atoms with E-state index in [1.807, 2.05) is 13.8 Å². The number of nitrogens with zero attached hydrogens (tertiary/aromatic N) is 1. The number of nitrogens with one attached hydrogen (secondary N) is 2. The Morgan fingerprint density at radius 1 is 1.33 bits per heavy atom.